The second kappa shape index (κ2) is 10.7. The minimum atomic E-state index is -1.04. The van der Waals surface area contributed by atoms with Crippen molar-refractivity contribution in [2.45, 2.75) is 62.2 Å². The van der Waals surface area contributed by atoms with Gasteiger partial charge in [0, 0.05) is 56.0 Å². The van der Waals surface area contributed by atoms with E-state index in [1.807, 2.05) is 22.7 Å². The number of benzene rings is 1. The zero-order valence-corrected chi connectivity index (χ0v) is 22.0. The summed E-state index contributed by atoms with van der Waals surface area (Å²) in [7, 11) is 3.23. The van der Waals surface area contributed by atoms with Crippen molar-refractivity contribution in [1.82, 2.24) is 14.7 Å². The molecule has 1 aromatic carbocycles. The molecular weight excluding hydrogens is 472 g/mol. The SMILES string of the molecule is COC1=CC(Cl)(OC)C(c2cn3ccc(NC4CCC(NCc5ccc(C)cc5)CC4)cc3n2)C=C1. The van der Waals surface area contributed by atoms with Crippen LogP contribution in [0, 0.1) is 6.92 Å². The number of nitrogens with one attached hydrogen (secondary N) is 2. The summed E-state index contributed by atoms with van der Waals surface area (Å²) in [4.78, 5) is 4.88. The Balaban J connectivity index is 1.19. The van der Waals surface area contributed by atoms with Crippen LogP contribution >= 0.6 is 11.6 Å². The topological polar surface area (TPSA) is 59.8 Å². The Morgan fingerprint density at radius 3 is 2.56 bits per heavy atom. The highest BCUT2D eigenvalue weighted by Gasteiger charge is 2.39. The van der Waals surface area contributed by atoms with Gasteiger partial charge in [0.05, 0.1) is 18.7 Å². The van der Waals surface area contributed by atoms with Gasteiger partial charge in [0.25, 0.3) is 0 Å². The van der Waals surface area contributed by atoms with Crippen LogP contribution in [0.4, 0.5) is 5.69 Å². The van der Waals surface area contributed by atoms with Gasteiger partial charge < -0.3 is 24.5 Å². The van der Waals surface area contributed by atoms with Crippen molar-refractivity contribution in [2.24, 2.45) is 0 Å². The third-order valence-corrected chi connectivity index (χ3v) is 7.87. The van der Waals surface area contributed by atoms with Crippen molar-refractivity contribution in [2.75, 3.05) is 19.5 Å². The highest BCUT2D eigenvalue weighted by Crippen LogP contribution is 2.41. The summed E-state index contributed by atoms with van der Waals surface area (Å²) in [5.41, 5.74) is 5.49. The van der Waals surface area contributed by atoms with Gasteiger partial charge in [0.2, 0.25) is 0 Å². The van der Waals surface area contributed by atoms with E-state index in [4.69, 9.17) is 26.1 Å². The standard InChI is InChI=1S/C29H35ClN4O2/c1-20-4-6-21(7-5-20)18-31-22-8-10-23(11-9-22)32-24-14-15-34-19-27(33-28(34)16-24)26-13-12-25(35-2)17-29(26,30)36-3/h4-7,12-17,19,22-23,26,31-32H,8-11,18H2,1-3H3. The van der Waals surface area contributed by atoms with Crippen molar-refractivity contribution < 1.29 is 9.47 Å². The normalized spacial score (nSPS) is 26.1. The second-order valence-corrected chi connectivity index (χ2v) is 10.5. The zero-order valence-electron chi connectivity index (χ0n) is 21.2. The van der Waals surface area contributed by atoms with E-state index < -0.39 is 5.06 Å². The predicted octanol–water partition coefficient (Wildman–Crippen LogP) is 5.92. The second-order valence-electron chi connectivity index (χ2n) is 9.90. The smallest absolute Gasteiger partial charge is 0.175 e. The summed E-state index contributed by atoms with van der Waals surface area (Å²) in [6.07, 6.45) is 14.4. The van der Waals surface area contributed by atoms with Gasteiger partial charge in [0.1, 0.15) is 11.4 Å². The minimum absolute atomic E-state index is 0.220. The van der Waals surface area contributed by atoms with E-state index in [9.17, 15) is 0 Å². The number of fused-ring (bicyclic) bond motifs is 1. The average Bonchev–Trinajstić information content (AvgIpc) is 3.32. The average molecular weight is 507 g/mol. The van der Waals surface area contributed by atoms with Crippen LogP contribution < -0.4 is 10.6 Å². The molecule has 0 radical (unpaired) electrons. The fourth-order valence-corrected chi connectivity index (χ4v) is 5.45. The number of pyridine rings is 1. The molecule has 190 valence electrons. The lowest BCUT2D eigenvalue weighted by molar-refractivity contribution is 0.0852. The van der Waals surface area contributed by atoms with Gasteiger partial charge in [-0.25, -0.2) is 4.98 Å². The number of alkyl halides is 1. The van der Waals surface area contributed by atoms with Gasteiger partial charge in [0.15, 0.2) is 5.06 Å². The van der Waals surface area contributed by atoms with Crippen LogP contribution in [0.2, 0.25) is 0 Å². The molecule has 3 aromatic rings. The molecule has 0 spiro atoms. The first-order valence-electron chi connectivity index (χ1n) is 12.7. The Morgan fingerprint density at radius 2 is 1.83 bits per heavy atom. The molecule has 2 unspecified atom stereocenters. The van der Waals surface area contributed by atoms with E-state index in [1.54, 1.807) is 20.3 Å². The number of anilines is 1. The maximum Gasteiger partial charge on any atom is 0.175 e. The van der Waals surface area contributed by atoms with E-state index in [2.05, 4.69) is 60.2 Å². The lowest BCUT2D eigenvalue weighted by Crippen LogP contribution is -2.36. The number of imidazole rings is 1. The molecule has 1 fully saturated rings. The monoisotopic (exact) mass is 506 g/mol. The lowest BCUT2D eigenvalue weighted by atomic mass is 9.91. The lowest BCUT2D eigenvalue weighted by Gasteiger charge is -2.31. The van der Waals surface area contributed by atoms with Gasteiger partial charge in [-0.3, -0.25) is 0 Å². The third kappa shape index (κ3) is 5.46. The molecule has 6 nitrogen and oxygen atoms in total. The van der Waals surface area contributed by atoms with E-state index in [0.29, 0.717) is 17.8 Å². The first-order valence-corrected chi connectivity index (χ1v) is 13.1. The number of halogens is 1. The van der Waals surface area contributed by atoms with Gasteiger partial charge >= 0.3 is 0 Å². The summed E-state index contributed by atoms with van der Waals surface area (Å²) >= 11 is 6.80. The highest BCUT2D eigenvalue weighted by atomic mass is 35.5. The summed E-state index contributed by atoms with van der Waals surface area (Å²) in [5.74, 6) is 0.459. The molecule has 2 N–H and O–H groups in total. The van der Waals surface area contributed by atoms with E-state index in [0.717, 1.165) is 36.4 Å². The van der Waals surface area contributed by atoms with Gasteiger partial charge in [-0.15, -0.1) is 0 Å². The summed E-state index contributed by atoms with van der Waals surface area (Å²) < 4.78 is 13.0. The Bertz CT molecular complexity index is 1240. The van der Waals surface area contributed by atoms with Crippen molar-refractivity contribution in [1.29, 1.82) is 0 Å². The molecule has 2 aliphatic rings. The quantitative estimate of drug-likeness (QED) is 0.371. The number of nitrogens with zero attached hydrogens (tertiary/aromatic N) is 2. The fourth-order valence-electron chi connectivity index (χ4n) is 5.15. The minimum Gasteiger partial charge on any atom is -0.497 e. The number of ether oxygens (including phenoxy) is 2. The molecule has 2 heterocycles. The maximum absolute atomic E-state index is 6.80. The largest absolute Gasteiger partial charge is 0.497 e. The number of aryl methyl sites for hydroxylation is 1. The number of aromatic nitrogens is 2. The fraction of sp³-hybridized carbons (Fsp3) is 0.414. The van der Waals surface area contributed by atoms with Crippen LogP contribution in [0.15, 0.2) is 72.8 Å². The number of rotatable bonds is 8. The van der Waals surface area contributed by atoms with E-state index >= 15 is 0 Å². The third-order valence-electron chi connectivity index (χ3n) is 7.38. The molecule has 1 saturated carbocycles. The Kier molecular flexibility index (Phi) is 7.37. The van der Waals surface area contributed by atoms with Gasteiger partial charge in [-0.1, -0.05) is 47.5 Å². The van der Waals surface area contributed by atoms with Crippen LogP contribution in [0.5, 0.6) is 0 Å². The first kappa shape index (κ1) is 24.9. The van der Waals surface area contributed by atoms with Crippen LogP contribution in [0.25, 0.3) is 5.65 Å². The van der Waals surface area contributed by atoms with Crippen LogP contribution in [-0.2, 0) is 16.0 Å². The molecule has 2 aromatic heterocycles. The molecule has 2 atom stereocenters. The Labute approximate surface area is 218 Å². The highest BCUT2D eigenvalue weighted by molar-refractivity contribution is 6.25. The van der Waals surface area contributed by atoms with Crippen LogP contribution in [0.3, 0.4) is 0 Å². The zero-order chi connectivity index (χ0) is 25.1. The number of allylic oxidation sites excluding steroid dienone is 1. The summed E-state index contributed by atoms with van der Waals surface area (Å²) in [5, 5.41) is 6.43. The van der Waals surface area contributed by atoms with Crippen molar-refractivity contribution in [3.63, 3.8) is 0 Å². The summed E-state index contributed by atoms with van der Waals surface area (Å²) in [6.45, 7) is 3.07. The van der Waals surface area contributed by atoms with E-state index in [1.165, 1.54) is 24.0 Å². The molecule has 7 heteroatoms. The van der Waals surface area contributed by atoms with Crippen molar-refractivity contribution in [3.05, 3.63) is 89.6 Å². The molecule has 0 bridgehead atoms. The van der Waals surface area contributed by atoms with Crippen LogP contribution in [-0.4, -0.2) is 40.7 Å². The van der Waals surface area contributed by atoms with E-state index in [-0.39, 0.29) is 5.92 Å². The van der Waals surface area contributed by atoms with Crippen LogP contribution in [0.1, 0.15) is 48.4 Å². The molecule has 0 aliphatic heterocycles. The molecule has 36 heavy (non-hydrogen) atoms. The predicted molar refractivity (Wildman–Crippen MR) is 145 cm³/mol. The number of hydrogen-bond acceptors (Lipinski definition) is 5. The summed E-state index contributed by atoms with van der Waals surface area (Å²) in [6, 6.07) is 14.1. The number of methoxy groups -OCH3 is 2. The molecular formula is C29H35ClN4O2. The van der Waals surface area contributed by atoms with Gasteiger partial charge in [-0.2, -0.15) is 0 Å². The molecule has 5 rings (SSSR count). The van der Waals surface area contributed by atoms with Crippen molar-refractivity contribution in [3.8, 4) is 0 Å². The Morgan fingerprint density at radius 1 is 1.08 bits per heavy atom. The Hall–Kier alpha value is -2.80. The number of hydrogen-bond donors (Lipinski definition) is 2. The molecule has 0 saturated heterocycles. The molecule has 0 amide bonds. The molecule has 2 aliphatic carbocycles. The maximum atomic E-state index is 6.80. The first-order chi connectivity index (χ1) is 17.5. The van der Waals surface area contributed by atoms with Crippen molar-refractivity contribution >= 4 is 22.9 Å². The van der Waals surface area contributed by atoms with Gasteiger partial charge in [-0.05, 0) is 50.3 Å².